The van der Waals surface area contributed by atoms with Gasteiger partial charge in [0.15, 0.2) is 0 Å². The first-order valence-corrected chi connectivity index (χ1v) is 13.6. The second-order valence-corrected chi connectivity index (χ2v) is 11.1. The molecule has 34 heavy (non-hydrogen) atoms. The molecule has 0 radical (unpaired) electrons. The van der Waals surface area contributed by atoms with Crippen LogP contribution in [0.3, 0.4) is 0 Å². The van der Waals surface area contributed by atoms with Gasteiger partial charge in [-0.3, -0.25) is 13.9 Å². The van der Waals surface area contributed by atoms with Crippen molar-refractivity contribution in [2.45, 2.75) is 45.8 Å². The van der Waals surface area contributed by atoms with Crippen LogP contribution in [0.1, 0.15) is 32.8 Å². The zero-order valence-electron chi connectivity index (χ0n) is 19.4. The van der Waals surface area contributed by atoms with Crippen LogP contribution in [0.15, 0.2) is 42.5 Å². The van der Waals surface area contributed by atoms with Gasteiger partial charge < -0.3 is 10.2 Å². The Balaban J connectivity index is 2.43. The number of nitrogens with one attached hydrogen (secondary N) is 1. The van der Waals surface area contributed by atoms with Crippen LogP contribution >= 0.6 is 34.8 Å². The summed E-state index contributed by atoms with van der Waals surface area (Å²) in [5.41, 5.74) is 0.729. The summed E-state index contributed by atoms with van der Waals surface area (Å²) < 4.78 is 26.1. The Labute approximate surface area is 216 Å². The molecular formula is C23H28Cl3N3O4S. The molecule has 0 aliphatic carbocycles. The number of hydrogen-bond acceptors (Lipinski definition) is 4. The van der Waals surface area contributed by atoms with E-state index in [1.165, 1.54) is 23.1 Å². The fourth-order valence-corrected chi connectivity index (χ4v) is 4.75. The van der Waals surface area contributed by atoms with Crippen molar-refractivity contribution >= 4 is 62.3 Å². The number of benzene rings is 2. The summed E-state index contributed by atoms with van der Waals surface area (Å²) in [6.45, 7) is 4.83. The largest absolute Gasteiger partial charge is 0.352 e. The second-order valence-electron chi connectivity index (χ2n) is 7.97. The highest BCUT2D eigenvalue weighted by Crippen LogP contribution is 2.30. The van der Waals surface area contributed by atoms with Gasteiger partial charge in [-0.2, -0.15) is 0 Å². The summed E-state index contributed by atoms with van der Waals surface area (Å²) in [6.07, 6.45) is 1.69. The van der Waals surface area contributed by atoms with Gasteiger partial charge in [0.1, 0.15) is 12.6 Å². The van der Waals surface area contributed by atoms with E-state index in [0.717, 1.165) is 10.6 Å². The highest BCUT2D eigenvalue weighted by molar-refractivity contribution is 7.92. The first-order valence-electron chi connectivity index (χ1n) is 10.6. The minimum absolute atomic E-state index is 0.0134. The standard InChI is InChI=1S/C23H28Cl3N3O4S/c1-5-15(2)27-23(31)16(3)28(13-17-8-6-7-9-19(17)25)22(30)14-29(34(4,32)33)21-11-10-18(24)12-20(21)26/h6-12,15-16H,5,13-14H2,1-4H3,(H,27,31)/t15-,16-/m1/s1. The maximum atomic E-state index is 13.5. The number of rotatable bonds is 10. The normalized spacial score (nSPS) is 13.1. The second kappa shape index (κ2) is 12.1. The molecule has 0 aromatic heterocycles. The van der Waals surface area contributed by atoms with Gasteiger partial charge in [-0.1, -0.05) is 59.9 Å². The van der Waals surface area contributed by atoms with Gasteiger partial charge in [-0.25, -0.2) is 8.42 Å². The van der Waals surface area contributed by atoms with Crippen molar-refractivity contribution in [3.8, 4) is 0 Å². The molecule has 186 valence electrons. The van der Waals surface area contributed by atoms with E-state index in [1.54, 1.807) is 31.2 Å². The van der Waals surface area contributed by atoms with Gasteiger partial charge in [0.25, 0.3) is 0 Å². The minimum atomic E-state index is -3.90. The third-order valence-corrected chi connectivity index (χ3v) is 7.36. The van der Waals surface area contributed by atoms with Gasteiger partial charge in [-0.05, 0) is 50.1 Å². The molecule has 7 nitrogen and oxygen atoms in total. The Hall–Kier alpha value is -2.00. The van der Waals surface area contributed by atoms with Crippen LogP contribution in [0.2, 0.25) is 15.1 Å². The summed E-state index contributed by atoms with van der Waals surface area (Å²) in [7, 11) is -3.90. The topological polar surface area (TPSA) is 86.8 Å². The van der Waals surface area contributed by atoms with Crippen molar-refractivity contribution in [3.63, 3.8) is 0 Å². The van der Waals surface area contributed by atoms with Crippen molar-refractivity contribution in [1.29, 1.82) is 0 Å². The van der Waals surface area contributed by atoms with Crippen molar-refractivity contribution in [2.24, 2.45) is 0 Å². The van der Waals surface area contributed by atoms with E-state index >= 15 is 0 Å². The van der Waals surface area contributed by atoms with Crippen LogP contribution in [0.4, 0.5) is 5.69 Å². The van der Waals surface area contributed by atoms with E-state index in [1.807, 2.05) is 13.8 Å². The van der Waals surface area contributed by atoms with E-state index in [9.17, 15) is 18.0 Å². The number of sulfonamides is 1. The predicted molar refractivity (Wildman–Crippen MR) is 138 cm³/mol. The molecule has 0 aliphatic rings. The molecule has 0 fully saturated rings. The van der Waals surface area contributed by atoms with Crippen LogP contribution in [-0.4, -0.2) is 50.0 Å². The minimum Gasteiger partial charge on any atom is -0.352 e. The SMILES string of the molecule is CC[C@@H](C)NC(=O)[C@@H](C)N(Cc1ccccc1Cl)C(=O)CN(c1ccc(Cl)cc1Cl)S(C)(=O)=O. The van der Waals surface area contributed by atoms with Crippen LogP contribution < -0.4 is 9.62 Å². The molecule has 0 bridgehead atoms. The summed E-state index contributed by atoms with van der Waals surface area (Å²) >= 11 is 18.5. The fraction of sp³-hybridized carbons (Fsp3) is 0.391. The number of carbonyl (C=O) groups is 2. The molecule has 0 saturated heterocycles. The van der Waals surface area contributed by atoms with Gasteiger partial charge in [-0.15, -0.1) is 0 Å². The molecule has 0 unspecified atom stereocenters. The molecule has 1 N–H and O–H groups in total. The van der Waals surface area contributed by atoms with E-state index in [-0.39, 0.29) is 29.2 Å². The van der Waals surface area contributed by atoms with Crippen molar-refractivity contribution in [2.75, 3.05) is 17.1 Å². The Morgan fingerprint density at radius 3 is 2.24 bits per heavy atom. The maximum absolute atomic E-state index is 13.5. The molecule has 0 aliphatic heterocycles. The molecular weight excluding hydrogens is 521 g/mol. The molecule has 2 aromatic carbocycles. The zero-order valence-corrected chi connectivity index (χ0v) is 22.5. The van der Waals surface area contributed by atoms with Crippen molar-refractivity contribution < 1.29 is 18.0 Å². The quantitative estimate of drug-likeness (QED) is 0.464. The van der Waals surface area contributed by atoms with E-state index in [0.29, 0.717) is 22.0 Å². The number of hydrogen-bond donors (Lipinski definition) is 1. The van der Waals surface area contributed by atoms with E-state index < -0.39 is 28.5 Å². The lowest BCUT2D eigenvalue weighted by Crippen LogP contribution is -2.52. The Morgan fingerprint density at radius 2 is 1.68 bits per heavy atom. The van der Waals surface area contributed by atoms with Crippen LogP contribution in [0, 0.1) is 0 Å². The molecule has 0 heterocycles. The third-order valence-electron chi connectivity index (χ3n) is 5.32. The van der Waals surface area contributed by atoms with Gasteiger partial charge >= 0.3 is 0 Å². The zero-order chi connectivity index (χ0) is 25.6. The monoisotopic (exact) mass is 547 g/mol. The van der Waals surface area contributed by atoms with Gasteiger partial charge in [0.05, 0.1) is 17.0 Å². The molecule has 2 atom stereocenters. The highest BCUT2D eigenvalue weighted by Gasteiger charge is 2.31. The summed E-state index contributed by atoms with van der Waals surface area (Å²) in [6, 6.07) is 10.3. The lowest BCUT2D eigenvalue weighted by atomic mass is 10.1. The molecule has 11 heteroatoms. The van der Waals surface area contributed by atoms with Gasteiger partial charge in [0.2, 0.25) is 21.8 Å². The number of nitrogens with zero attached hydrogens (tertiary/aromatic N) is 2. The highest BCUT2D eigenvalue weighted by atomic mass is 35.5. The van der Waals surface area contributed by atoms with Crippen molar-refractivity contribution in [3.05, 3.63) is 63.1 Å². The number of amides is 2. The third kappa shape index (κ3) is 7.50. The van der Waals surface area contributed by atoms with E-state index in [2.05, 4.69) is 5.32 Å². The van der Waals surface area contributed by atoms with Crippen molar-refractivity contribution in [1.82, 2.24) is 10.2 Å². The lowest BCUT2D eigenvalue weighted by molar-refractivity contribution is -0.139. The summed E-state index contributed by atoms with van der Waals surface area (Å²) in [5.74, 6) is -0.951. The molecule has 0 spiro atoms. The Morgan fingerprint density at radius 1 is 1.03 bits per heavy atom. The molecule has 2 aromatic rings. The number of carbonyl (C=O) groups excluding carboxylic acids is 2. The maximum Gasteiger partial charge on any atom is 0.244 e. The smallest absolute Gasteiger partial charge is 0.244 e. The van der Waals surface area contributed by atoms with Crippen LogP contribution in [0.25, 0.3) is 0 Å². The lowest BCUT2D eigenvalue weighted by Gasteiger charge is -2.32. The molecule has 2 rings (SSSR count). The summed E-state index contributed by atoms with van der Waals surface area (Å²) in [4.78, 5) is 27.7. The van der Waals surface area contributed by atoms with Gasteiger partial charge in [0, 0.05) is 22.6 Å². The molecule has 2 amide bonds. The number of anilines is 1. The first-order chi connectivity index (χ1) is 15.8. The van der Waals surface area contributed by atoms with E-state index in [4.69, 9.17) is 34.8 Å². The number of halogens is 3. The first kappa shape index (κ1) is 28.2. The Bertz CT molecular complexity index is 1140. The van der Waals surface area contributed by atoms with Crippen LogP contribution in [-0.2, 0) is 26.2 Å². The fourth-order valence-electron chi connectivity index (χ4n) is 3.14. The molecule has 0 saturated carbocycles. The average molecular weight is 549 g/mol. The predicted octanol–water partition coefficient (Wildman–Crippen LogP) is 4.74. The Kier molecular flexibility index (Phi) is 10.1. The van der Waals surface area contributed by atoms with Crippen LogP contribution in [0.5, 0.6) is 0 Å². The average Bonchev–Trinajstić information content (AvgIpc) is 2.76. The summed E-state index contributed by atoms with van der Waals surface area (Å²) in [5, 5.41) is 3.69.